The first kappa shape index (κ1) is 14.5. The second kappa shape index (κ2) is 6.16. The molecule has 1 aliphatic carbocycles. The third kappa shape index (κ3) is 3.11. The van der Waals surface area contributed by atoms with Crippen LogP contribution >= 0.6 is 23.8 Å². The van der Waals surface area contributed by atoms with Gasteiger partial charge in [-0.3, -0.25) is 9.36 Å². The van der Waals surface area contributed by atoms with Crippen molar-refractivity contribution in [2.75, 3.05) is 0 Å². The summed E-state index contributed by atoms with van der Waals surface area (Å²) in [5.74, 6) is 0. The van der Waals surface area contributed by atoms with Crippen LogP contribution in [0.2, 0.25) is 5.02 Å². The summed E-state index contributed by atoms with van der Waals surface area (Å²) in [6.07, 6.45) is 8.02. The number of H-pyrrole nitrogens is 1. The van der Waals surface area contributed by atoms with E-state index in [0.29, 0.717) is 21.7 Å². The molecule has 3 rings (SSSR count). The van der Waals surface area contributed by atoms with Gasteiger partial charge in [-0.1, -0.05) is 23.3 Å². The van der Waals surface area contributed by atoms with Gasteiger partial charge in [0.05, 0.1) is 10.9 Å². The molecule has 0 saturated heterocycles. The number of rotatable bonds is 3. The molecule has 0 unspecified atom stereocenters. The summed E-state index contributed by atoms with van der Waals surface area (Å²) in [5, 5.41) is 1.15. The van der Waals surface area contributed by atoms with Gasteiger partial charge >= 0.3 is 0 Å². The van der Waals surface area contributed by atoms with Crippen molar-refractivity contribution < 1.29 is 0 Å². The van der Waals surface area contributed by atoms with E-state index >= 15 is 0 Å². The second-order valence-electron chi connectivity index (χ2n) is 5.44. The van der Waals surface area contributed by atoms with Crippen LogP contribution in [0, 0.1) is 4.77 Å². The number of aromatic amines is 1. The molecule has 110 valence electrons. The molecular weight excluding hydrogens is 304 g/mol. The average molecular weight is 321 g/mol. The number of nitrogens with zero attached hydrogens (tertiary/aromatic N) is 1. The van der Waals surface area contributed by atoms with E-state index in [1.807, 2.05) is 0 Å². The van der Waals surface area contributed by atoms with E-state index in [2.05, 4.69) is 11.1 Å². The molecule has 0 radical (unpaired) electrons. The quantitative estimate of drug-likeness (QED) is 0.662. The summed E-state index contributed by atoms with van der Waals surface area (Å²) in [7, 11) is 0. The Balaban J connectivity index is 1.96. The first-order valence-electron chi connectivity index (χ1n) is 7.25. The van der Waals surface area contributed by atoms with E-state index in [1.54, 1.807) is 22.8 Å². The number of allylic oxidation sites excluding steroid dienone is 2. The molecule has 0 saturated carbocycles. The highest BCUT2D eigenvalue weighted by Crippen LogP contribution is 2.20. The maximum Gasteiger partial charge on any atom is 0.262 e. The van der Waals surface area contributed by atoms with Crippen LogP contribution in [0.5, 0.6) is 0 Å². The minimum absolute atomic E-state index is 0.0624. The second-order valence-corrected chi connectivity index (χ2v) is 6.26. The Labute approximate surface area is 133 Å². The van der Waals surface area contributed by atoms with Gasteiger partial charge in [0.15, 0.2) is 4.77 Å². The van der Waals surface area contributed by atoms with E-state index in [4.69, 9.17) is 23.8 Å². The summed E-state index contributed by atoms with van der Waals surface area (Å²) >= 11 is 11.3. The van der Waals surface area contributed by atoms with E-state index in [-0.39, 0.29) is 5.56 Å². The van der Waals surface area contributed by atoms with Gasteiger partial charge in [0.1, 0.15) is 0 Å². The highest BCUT2D eigenvalue weighted by molar-refractivity contribution is 7.71. The molecule has 1 aromatic heterocycles. The SMILES string of the molecule is O=c1c2cc(Cl)ccc2[nH]c(=S)n1CCC1=CCCCC1. The molecule has 0 spiro atoms. The predicted octanol–water partition coefficient (Wildman–Crippen LogP) is 4.60. The fraction of sp³-hybridized carbons (Fsp3) is 0.375. The fourth-order valence-electron chi connectivity index (χ4n) is 2.81. The van der Waals surface area contributed by atoms with Crippen LogP contribution in [0.1, 0.15) is 32.1 Å². The van der Waals surface area contributed by atoms with E-state index in [9.17, 15) is 4.79 Å². The zero-order chi connectivity index (χ0) is 14.8. The van der Waals surface area contributed by atoms with Crippen LogP contribution in [-0.4, -0.2) is 9.55 Å². The van der Waals surface area contributed by atoms with E-state index in [0.717, 1.165) is 24.8 Å². The Morgan fingerprint density at radius 1 is 1.33 bits per heavy atom. The number of nitrogens with one attached hydrogen (secondary N) is 1. The monoisotopic (exact) mass is 320 g/mol. The highest BCUT2D eigenvalue weighted by atomic mass is 35.5. The molecule has 2 aromatic rings. The molecule has 1 aliphatic rings. The van der Waals surface area contributed by atoms with Crippen LogP contribution in [0.15, 0.2) is 34.6 Å². The lowest BCUT2D eigenvalue weighted by molar-refractivity contribution is 0.605. The van der Waals surface area contributed by atoms with Crippen molar-refractivity contribution in [3.63, 3.8) is 0 Å². The lowest BCUT2D eigenvalue weighted by atomic mass is 9.97. The van der Waals surface area contributed by atoms with Crippen molar-refractivity contribution in [2.45, 2.75) is 38.6 Å². The van der Waals surface area contributed by atoms with Gasteiger partial charge < -0.3 is 4.98 Å². The summed E-state index contributed by atoms with van der Waals surface area (Å²) in [6.45, 7) is 0.627. The molecule has 0 fully saturated rings. The Morgan fingerprint density at radius 2 is 2.19 bits per heavy atom. The van der Waals surface area contributed by atoms with Gasteiger partial charge in [0.25, 0.3) is 5.56 Å². The maximum absolute atomic E-state index is 12.6. The average Bonchev–Trinajstić information content (AvgIpc) is 2.49. The number of hydrogen-bond donors (Lipinski definition) is 1. The van der Waals surface area contributed by atoms with E-state index in [1.165, 1.54) is 18.4 Å². The summed E-state index contributed by atoms with van der Waals surface area (Å²) in [5.41, 5.74) is 2.11. The van der Waals surface area contributed by atoms with Crippen molar-refractivity contribution in [2.24, 2.45) is 0 Å². The van der Waals surface area contributed by atoms with Crippen molar-refractivity contribution in [3.8, 4) is 0 Å². The Kier molecular flexibility index (Phi) is 4.27. The molecule has 21 heavy (non-hydrogen) atoms. The van der Waals surface area contributed by atoms with Gasteiger partial charge in [-0.05, 0) is 62.5 Å². The largest absolute Gasteiger partial charge is 0.332 e. The van der Waals surface area contributed by atoms with Crippen molar-refractivity contribution >= 4 is 34.7 Å². The molecule has 0 amide bonds. The minimum Gasteiger partial charge on any atom is -0.332 e. The lowest BCUT2D eigenvalue weighted by Crippen LogP contribution is -2.22. The minimum atomic E-state index is -0.0624. The molecule has 0 bridgehead atoms. The van der Waals surface area contributed by atoms with Crippen molar-refractivity contribution in [1.29, 1.82) is 0 Å². The Hall–Kier alpha value is -1.39. The number of aromatic nitrogens is 2. The number of benzene rings is 1. The maximum atomic E-state index is 12.6. The molecule has 5 heteroatoms. The molecule has 0 aliphatic heterocycles. The third-order valence-electron chi connectivity index (χ3n) is 3.99. The van der Waals surface area contributed by atoms with Crippen LogP contribution in [0.4, 0.5) is 0 Å². The fourth-order valence-corrected chi connectivity index (χ4v) is 3.27. The molecule has 0 atom stereocenters. The van der Waals surface area contributed by atoms with Crippen molar-refractivity contribution in [1.82, 2.24) is 9.55 Å². The lowest BCUT2D eigenvalue weighted by Gasteiger charge is -2.14. The van der Waals surface area contributed by atoms with Crippen LogP contribution in [0.25, 0.3) is 10.9 Å². The Morgan fingerprint density at radius 3 is 2.95 bits per heavy atom. The van der Waals surface area contributed by atoms with Crippen LogP contribution in [0.3, 0.4) is 0 Å². The van der Waals surface area contributed by atoms with Crippen LogP contribution < -0.4 is 5.56 Å². The number of hydrogen-bond acceptors (Lipinski definition) is 2. The first-order valence-corrected chi connectivity index (χ1v) is 8.04. The zero-order valence-corrected chi connectivity index (χ0v) is 13.3. The Bertz CT molecular complexity index is 819. The molecule has 1 N–H and O–H groups in total. The number of fused-ring (bicyclic) bond motifs is 1. The molecular formula is C16H17ClN2OS. The molecule has 1 aromatic carbocycles. The standard InChI is InChI=1S/C16H17ClN2OS/c17-12-6-7-14-13(10-12)15(20)19(16(21)18-14)9-8-11-4-2-1-3-5-11/h4,6-7,10H,1-3,5,8-9H2,(H,18,21). The highest BCUT2D eigenvalue weighted by Gasteiger charge is 2.08. The summed E-state index contributed by atoms with van der Waals surface area (Å²) in [6, 6.07) is 5.25. The van der Waals surface area contributed by atoms with Gasteiger partial charge in [0, 0.05) is 11.6 Å². The third-order valence-corrected chi connectivity index (χ3v) is 4.54. The summed E-state index contributed by atoms with van der Waals surface area (Å²) < 4.78 is 2.12. The van der Waals surface area contributed by atoms with Gasteiger partial charge in [0.2, 0.25) is 0 Å². The van der Waals surface area contributed by atoms with Gasteiger partial charge in [-0.15, -0.1) is 0 Å². The van der Waals surface area contributed by atoms with Crippen LogP contribution in [-0.2, 0) is 6.54 Å². The van der Waals surface area contributed by atoms with E-state index < -0.39 is 0 Å². The van der Waals surface area contributed by atoms with Gasteiger partial charge in [-0.25, -0.2) is 0 Å². The smallest absolute Gasteiger partial charge is 0.262 e. The summed E-state index contributed by atoms with van der Waals surface area (Å²) in [4.78, 5) is 15.7. The molecule has 1 heterocycles. The normalized spacial score (nSPS) is 15.2. The van der Waals surface area contributed by atoms with Gasteiger partial charge in [-0.2, -0.15) is 0 Å². The van der Waals surface area contributed by atoms with Crippen molar-refractivity contribution in [3.05, 3.63) is 50.0 Å². The first-order chi connectivity index (χ1) is 10.1. The number of halogens is 1. The predicted molar refractivity (Wildman–Crippen MR) is 89.6 cm³/mol. The topological polar surface area (TPSA) is 37.8 Å². The zero-order valence-electron chi connectivity index (χ0n) is 11.7. The molecule has 3 nitrogen and oxygen atoms in total.